The smallest absolute Gasteiger partial charge is 0.322 e. The fraction of sp³-hybridized carbons (Fsp3) is 0.478. The third kappa shape index (κ3) is 7.39. The number of rotatable bonds is 9. The Morgan fingerprint density at radius 1 is 1.26 bits per heavy atom. The number of carbonyl (C=O) groups excluding carboxylic acids is 2. The van der Waals surface area contributed by atoms with Gasteiger partial charge in [-0.2, -0.15) is 0 Å². The molecule has 2 aromatic rings. The van der Waals surface area contributed by atoms with E-state index in [2.05, 4.69) is 32.4 Å². The lowest BCUT2D eigenvalue weighted by atomic mass is 10.2. The summed E-state index contributed by atoms with van der Waals surface area (Å²) in [6.45, 7) is 6.48. The summed E-state index contributed by atoms with van der Waals surface area (Å²) in [7, 11) is 1.59. The zero-order chi connectivity index (χ0) is 24.5. The van der Waals surface area contributed by atoms with Crippen LogP contribution in [0.3, 0.4) is 0 Å². The molecule has 0 saturated carbocycles. The van der Waals surface area contributed by atoms with Crippen molar-refractivity contribution in [2.45, 2.75) is 37.9 Å². The van der Waals surface area contributed by atoms with Gasteiger partial charge in [0.05, 0.1) is 12.9 Å². The van der Waals surface area contributed by atoms with Crippen LogP contribution in [0.15, 0.2) is 35.5 Å². The molecule has 1 aliphatic rings. The molecule has 0 bridgehead atoms. The molecule has 1 atom stereocenters. The fourth-order valence-corrected chi connectivity index (χ4v) is 4.47. The maximum atomic E-state index is 12.8. The number of carbonyl (C=O) groups is 2. The summed E-state index contributed by atoms with van der Waals surface area (Å²) in [6.07, 6.45) is 1.98. The van der Waals surface area contributed by atoms with Crippen molar-refractivity contribution in [1.29, 1.82) is 0 Å². The second-order valence-corrected chi connectivity index (χ2v) is 9.30. The standard InChI is InChI=1S/C23H31ClN6O3S/c1-4-5-9-25-21(31)15-34-22-27-19(24)13-20(28-22)29-10-11-30(16(2)14-29)23(32)26-17-7-6-8-18(12-17)33-3/h6-8,12-13,16H,4-5,9-11,14-15H2,1-3H3,(H,25,31)(H,26,32). The third-order valence-corrected chi connectivity index (χ3v) is 6.42. The van der Waals surface area contributed by atoms with E-state index in [0.29, 0.717) is 53.7 Å². The molecule has 0 aliphatic carbocycles. The van der Waals surface area contributed by atoms with Crippen molar-refractivity contribution in [2.24, 2.45) is 0 Å². The molecule has 3 amide bonds. The fourth-order valence-electron chi connectivity index (χ4n) is 3.56. The van der Waals surface area contributed by atoms with Crippen molar-refractivity contribution in [3.63, 3.8) is 0 Å². The van der Waals surface area contributed by atoms with E-state index < -0.39 is 0 Å². The molecule has 9 nitrogen and oxygen atoms in total. The zero-order valence-corrected chi connectivity index (χ0v) is 21.3. The molecule has 1 aliphatic heterocycles. The number of amides is 3. The Hall–Kier alpha value is -2.72. The second kappa shape index (κ2) is 12.7. The van der Waals surface area contributed by atoms with Gasteiger partial charge in [-0.1, -0.05) is 42.8 Å². The molecule has 1 aromatic carbocycles. The summed E-state index contributed by atoms with van der Waals surface area (Å²) in [5.41, 5.74) is 0.682. The minimum absolute atomic E-state index is 0.0476. The SMILES string of the molecule is CCCCNC(=O)CSc1nc(Cl)cc(N2CCN(C(=O)Nc3cccc(OC)c3)C(C)C2)n1. The summed E-state index contributed by atoms with van der Waals surface area (Å²) < 4.78 is 5.22. The minimum Gasteiger partial charge on any atom is -0.497 e. The monoisotopic (exact) mass is 506 g/mol. The molecule has 1 saturated heterocycles. The molecule has 1 aromatic heterocycles. The maximum absolute atomic E-state index is 12.8. The van der Waals surface area contributed by atoms with Gasteiger partial charge in [-0.15, -0.1) is 0 Å². The highest BCUT2D eigenvalue weighted by molar-refractivity contribution is 7.99. The van der Waals surface area contributed by atoms with Gasteiger partial charge in [0, 0.05) is 50.0 Å². The number of nitrogens with one attached hydrogen (secondary N) is 2. The molecular formula is C23H31ClN6O3S. The summed E-state index contributed by atoms with van der Waals surface area (Å²) in [6, 6.07) is 8.78. The maximum Gasteiger partial charge on any atom is 0.322 e. The Morgan fingerprint density at radius 2 is 2.09 bits per heavy atom. The second-order valence-electron chi connectivity index (χ2n) is 7.97. The lowest BCUT2D eigenvalue weighted by molar-refractivity contribution is -0.118. The Labute approximate surface area is 209 Å². The van der Waals surface area contributed by atoms with Gasteiger partial charge in [-0.3, -0.25) is 4.79 Å². The number of nitrogens with zero attached hydrogens (tertiary/aromatic N) is 4. The molecule has 2 heterocycles. The van der Waals surface area contributed by atoms with Crippen LogP contribution < -0.4 is 20.3 Å². The number of hydrogen-bond acceptors (Lipinski definition) is 7. The van der Waals surface area contributed by atoms with Gasteiger partial charge in [-0.25, -0.2) is 14.8 Å². The molecule has 1 fully saturated rings. The largest absolute Gasteiger partial charge is 0.497 e. The summed E-state index contributed by atoms with van der Waals surface area (Å²) in [5.74, 6) is 1.56. The first-order valence-electron chi connectivity index (χ1n) is 11.3. The molecule has 11 heteroatoms. The zero-order valence-electron chi connectivity index (χ0n) is 19.7. The summed E-state index contributed by atoms with van der Waals surface area (Å²) in [4.78, 5) is 37.6. The highest BCUT2D eigenvalue weighted by atomic mass is 35.5. The topological polar surface area (TPSA) is 99.7 Å². The van der Waals surface area contributed by atoms with Crippen LogP contribution in [0.25, 0.3) is 0 Å². The number of unbranched alkanes of at least 4 members (excludes halogenated alkanes) is 1. The quantitative estimate of drug-likeness (QED) is 0.230. The molecule has 2 N–H and O–H groups in total. The van der Waals surface area contributed by atoms with Crippen LogP contribution in [0.2, 0.25) is 5.15 Å². The van der Waals surface area contributed by atoms with E-state index in [0.717, 1.165) is 12.8 Å². The Kier molecular flexibility index (Phi) is 9.64. The van der Waals surface area contributed by atoms with E-state index in [1.807, 2.05) is 25.1 Å². The molecule has 0 spiro atoms. The van der Waals surface area contributed by atoms with Crippen molar-refractivity contribution < 1.29 is 14.3 Å². The number of benzene rings is 1. The first-order chi connectivity index (χ1) is 16.4. The lowest BCUT2D eigenvalue weighted by Crippen LogP contribution is -2.55. The number of hydrogen-bond donors (Lipinski definition) is 2. The number of thioether (sulfide) groups is 1. The predicted octanol–water partition coefficient (Wildman–Crippen LogP) is 3.89. The van der Waals surface area contributed by atoms with Gasteiger partial charge < -0.3 is 25.2 Å². The van der Waals surface area contributed by atoms with Crippen LogP contribution in [-0.2, 0) is 4.79 Å². The molecule has 0 radical (unpaired) electrons. The number of methoxy groups -OCH3 is 1. The van der Waals surface area contributed by atoms with E-state index in [1.165, 1.54) is 11.8 Å². The van der Waals surface area contributed by atoms with Crippen LogP contribution in [0, 0.1) is 0 Å². The van der Waals surface area contributed by atoms with Crippen molar-refractivity contribution >= 4 is 46.8 Å². The number of halogens is 1. The van der Waals surface area contributed by atoms with Crippen molar-refractivity contribution in [3.8, 4) is 5.75 Å². The van der Waals surface area contributed by atoms with Crippen molar-refractivity contribution in [3.05, 3.63) is 35.5 Å². The van der Waals surface area contributed by atoms with Crippen molar-refractivity contribution in [2.75, 3.05) is 49.3 Å². The predicted molar refractivity (Wildman–Crippen MR) is 136 cm³/mol. The van der Waals surface area contributed by atoms with Crippen LogP contribution in [-0.4, -0.2) is 71.9 Å². The first-order valence-corrected chi connectivity index (χ1v) is 12.7. The average Bonchev–Trinajstić information content (AvgIpc) is 2.82. The van der Waals surface area contributed by atoms with Crippen LogP contribution in [0.1, 0.15) is 26.7 Å². The van der Waals surface area contributed by atoms with Gasteiger partial charge in [0.2, 0.25) is 5.91 Å². The summed E-state index contributed by atoms with van der Waals surface area (Å²) >= 11 is 7.50. The number of aromatic nitrogens is 2. The number of ether oxygens (including phenoxy) is 1. The third-order valence-electron chi connectivity index (χ3n) is 5.38. The Bertz CT molecular complexity index is 995. The number of piperazine rings is 1. The van der Waals surface area contributed by atoms with E-state index in [9.17, 15) is 9.59 Å². The molecular weight excluding hydrogens is 476 g/mol. The number of anilines is 2. The van der Waals surface area contributed by atoms with E-state index in [1.54, 1.807) is 24.1 Å². The van der Waals surface area contributed by atoms with Gasteiger partial charge in [0.25, 0.3) is 0 Å². The molecule has 3 rings (SSSR count). The Morgan fingerprint density at radius 3 is 2.82 bits per heavy atom. The summed E-state index contributed by atoms with van der Waals surface area (Å²) in [5, 5.41) is 6.60. The highest BCUT2D eigenvalue weighted by Gasteiger charge is 2.28. The average molecular weight is 507 g/mol. The van der Waals surface area contributed by atoms with Crippen LogP contribution >= 0.6 is 23.4 Å². The molecule has 34 heavy (non-hydrogen) atoms. The first kappa shape index (κ1) is 25.9. The minimum atomic E-state index is -0.161. The van der Waals surface area contributed by atoms with Gasteiger partial charge >= 0.3 is 6.03 Å². The van der Waals surface area contributed by atoms with Gasteiger partial charge in [-0.05, 0) is 25.5 Å². The Balaban J connectivity index is 1.57. The number of urea groups is 1. The highest BCUT2D eigenvalue weighted by Crippen LogP contribution is 2.25. The van der Waals surface area contributed by atoms with Crippen molar-refractivity contribution in [1.82, 2.24) is 20.2 Å². The molecule has 1 unspecified atom stereocenters. The van der Waals surface area contributed by atoms with E-state index >= 15 is 0 Å². The van der Waals surface area contributed by atoms with Gasteiger partial charge in [0.1, 0.15) is 16.7 Å². The van der Waals surface area contributed by atoms with Crippen LogP contribution in [0.4, 0.5) is 16.3 Å². The lowest BCUT2D eigenvalue weighted by Gasteiger charge is -2.40. The van der Waals surface area contributed by atoms with E-state index in [4.69, 9.17) is 16.3 Å². The van der Waals surface area contributed by atoms with Gasteiger partial charge in [0.15, 0.2) is 5.16 Å². The molecule has 184 valence electrons. The van der Waals surface area contributed by atoms with Crippen LogP contribution in [0.5, 0.6) is 5.75 Å². The normalized spacial score (nSPS) is 15.7. The van der Waals surface area contributed by atoms with E-state index in [-0.39, 0.29) is 23.7 Å².